The van der Waals surface area contributed by atoms with Crippen molar-refractivity contribution >= 4 is 17.5 Å². The van der Waals surface area contributed by atoms with E-state index in [1.54, 1.807) is 25.3 Å². The molecule has 0 saturated heterocycles. The van der Waals surface area contributed by atoms with Crippen molar-refractivity contribution in [3.8, 4) is 0 Å². The summed E-state index contributed by atoms with van der Waals surface area (Å²) in [6, 6.07) is 7.39. The first-order valence-electron chi connectivity index (χ1n) is 7.71. The van der Waals surface area contributed by atoms with Gasteiger partial charge in [-0.15, -0.1) is 0 Å². The first-order chi connectivity index (χ1) is 10.7. The lowest BCUT2D eigenvalue weighted by Gasteiger charge is -2.10. The van der Waals surface area contributed by atoms with E-state index in [0.717, 1.165) is 25.8 Å². The standard InChI is InChI=1S/C16H23N3O3/c1-22-10-4-9-17-11-15(20)19-14-6-3-2-5-13(14)16(21)18-12-7-8-12/h2-3,5-6,12,17H,4,7-11H2,1H3,(H,18,21)(H,19,20)/p+1. The Bertz CT molecular complexity index is 515. The van der Waals surface area contributed by atoms with Crippen molar-refractivity contribution in [1.82, 2.24) is 5.32 Å². The summed E-state index contributed by atoms with van der Waals surface area (Å²) < 4.78 is 4.96. The van der Waals surface area contributed by atoms with Crippen molar-refractivity contribution in [2.75, 3.05) is 32.1 Å². The molecule has 1 aliphatic carbocycles. The molecule has 0 bridgehead atoms. The molecular formula is C16H24N3O3+. The molecule has 0 unspecified atom stereocenters. The van der Waals surface area contributed by atoms with E-state index in [2.05, 4.69) is 10.6 Å². The average Bonchev–Trinajstić information content (AvgIpc) is 3.31. The second kappa shape index (κ2) is 8.51. The summed E-state index contributed by atoms with van der Waals surface area (Å²) in [6.45, 7) is 1.87. The zero-order valence-electron chi connectivity index (χ0n) is 12.9. The number of methoxy groups -OCH3 is 1. The first-order valence-corrected chi connectivity index (χ1v) is 7.71. The Labute approximate surface area is 130 Å². The van der Waals surface area contributed by atoms with Crippen LogP contribution in [-0.2, 0) is 9.53 Å². The maximum absolute atomic E-state index is 12.1. The molecule has 2 amide bonds. The third-order valence-electron chi connectivity index (χ3n) is 3.44. The second-order valence-electron chi connectivity index (χ2n) is 5.47. The topological polar surface area (TPSA) is 84.0 Å². The smallest absolute Gasteiger partial charge is 0.279 e. The van der Waals surface area contributed by atoms with Crippen molar-refractivity contribution in [3.63, 3.8) is 0 Å². The van der Waals surface area contributed by atoms with Gasteiger partial charge in [0.2, 0.25) is 0 Å². The number of carbonyl (C=O) groups is 2. The SMILES string of the molecule is COCCC[NH2+]CC(=O)Nc1ccccc1C(=O)NC1CC1. The van der Waals surface area contributed by atoms with Crippen LogP contribution in [0, 0.1) is 0 Å². The minimum absolute atomic E-state index is 0.107. The largest absolute Gasteiger partial charge is 0.384 e. The maximum Gasteiger partial charge on any atom is 0.279 e. The van der Waals surface area contributed by atoms with E-state index in [4.69, 9.17) is 4.74 Å². The number of rotatable bonds is 9. The van der Waals surface area contributed by atoms with Gasteiger partial charge in [-0.25, -0.2) is 0 Å². The van der Waals surface area contributed by atoms with Gasteiger partial charge in [-0.05, 0) is 25.0 Å². The molecule has 6 heteroatoms. The van der Waals surface area contributed by atoms with Gasteiger partial charge in [-0.1, -0.05) is 12.1 Å². The summed E-state index contributed by atoms with van der Waals surface area (Å²) in [6.07, 6.45) is 2.98. The fourth-order valence-electron chi connectivity index (χ4n) is 2.09. The van der Waals surface area contributed by atoms with Crippen molar-refractivity contribution in [2.24, 2.45) is 0 Å². The zero-order chi connectivity index (χ0) is 15.8. The van der Waals surface area contributed by atoms with Crippen LogP contribution >= 0.6 is 0 Å². The third-order valence-corrected chi connectivity index (χ3v) is 3.44. The molecule has 1 aromatic carbocycles. The highest BCUT2D eigenvalue weighted by atomic mass is 16.5. The summed E-state index contributed by atoms with van der Waals surface area (Å²) in [4.78, 5) is 24.1. The lowest BCUT2D eigenvalue weighted by Crippen LogP contribution is -2.86. The third kappa shape index (κ3) is 5.46. The highest BCUT2D eigenvalue weighted by Crippen LogP contribution is 2.21. The molecule has 22 heavy (non-hydrogen) atoms. The van der Waals surface area contributed by atoms with Gasteiger partial charge in [-0.2, -0.15) is 0 Å². The quantitative estimate of drug-likeness (QED) is 0.567. The minimum Gasteiger partial charge on any atom is -0.384 e. The Hall–Kier alpha value is -1.92. The summed E-state index contributed by atoms with van der Waals surface area (Å²) in [7, 11) is 1.66. The second-order valence-corrected chi connectivity index (χ2v) is 5.47. The zero-order valence-corrected chi connectivity index (χ0v) is 12.9. The van der Waals surface area contributed by atoms with Crippen molar-refractivity contribution in [3.05, 3.63) is 29.8 Å². The fourth-order valence-corrected chi connectivity index (χ4v) is 2.09. The van der Waals surface area contributed by atoms with Crippen LogP contribution in [0.3, 0.4) is 0 Å². The van der Waals surface area contributed by atoms with Crippen LogP contribution in [0.15, 0.2) is 24.3 Å². The Morgan fingerprint density at radius 3 is 2.82 bits per heavy atom. The van der Waals surface area contributed by atoms with Crippen LogP contribution in [0.25, 0.3) is 0 Å². The molecule has 0 aromatic heterocycles. The lowest BCUT2D eigenvalue weighted by atomic mass is 10.1. The number of ether oxygens (including phenoxy) is 1. The number of anilines is 1. The lowest BCUT2D eigenvalue weighted by molar-refractivity contribution is -0.644. The van der Waals surface area contributed by atoms with E-state index in [0.29, 0.717) is 30.4 Å². The number of amides is 2. The molecule has 1 aliphatic rings. The molecule has 4 N–H and O–H groups in total. The fraction of sp³-hybridized carbons (Fsp3) is 0.500. The number of nitrogens with one attached hydrogen (secondary N) is 2. The summed E-state index contributed by atoms with van der Waals surface area (Å²) in [5.74, 6) is -0.230. The van der Waals surface area contributed by atoms with Crippen LogP contribution < -0.4 is 16.0 Å². The van der Waals surface area contributed by atoms with E-state index in [9.17, 15) is 9.59 Å². The normalized spacial score (nSPS) is 13.7. The monoisotopic (exact) mass is 306 g/mol. The van der Waals surface area contributed by atoms with Crippen LogP contribution in [0.2, 0.25) is 0 Å². The van der Waals surface area contributed by atoms with E-state index in [-0.39, 0.29) is 11.8 Å². The van der Waals surface area contributed by atoms with Crippen molar-refractivity contribution < 1.29 is 19.6 Å². The predicted molar refractivity (Wildman–Crippen MR) is 83.7 cm³/mol. The van der Waals surface area contributed by atoms with Gasteiger partial charge in [0.25, 0.3) is 11.8 Å². The summed E-state index contributed by atoms with van der Waals surface area (Å²) in [5.41, 5.74) is 1.08. The van der Waals surface area contributed by atoms with E-state index in [1.807, 2.05) is 11.4 Å². The molecule has 2 rings (SSSR count). The van der Waals surface area contributed by atoms with Gasteiger partial charge in [-0.3, -0.25) is 9.59 Å². The number of hydrogen-bond acceptors (Lipinski definition) is 3. The number of para-hydroxylation sites is 1. The van der Waals surface area contributed by atoms with Crippen LogP contribution in [-0.4, -0.2) is 44.7 Å². The van der Waals surface area contributed by atoms with E-state index < -0.39 is 0 Å². The van der Waals surface area contributed by atoms with Gasteiger partial charge in [0.15, 0.2) is 6.54 Å². The maximum atomic E-state index is 12.1. The van der Waals surface area contributed by atoms with Gasteiger partial charge < -0.3 is 20.7 Å². The van der Waals surface area contributed by atoms with Crippen LogP contribution in [0.4, 0.5) is 5.69 Å². The Morgan fingerprint density at radius 2 is 2.09 bits per heavy atom. The Kier molecular flexibility index (Phi) is 6.36. The molecule has 120 valence electrons. The summed E-state index contributed by atoms with van der Waals surface area (Å²) in [5, 5.41) is 7.68. The molecule has 1 aromatic rings. The molecule has 6 nitrogen and oxygen atoms in total. The van der Waals surface area contributed by atoms with Gasteiger partial charge in [0.1, 0.15) is 0 Å². The van der Waals surface area contributed by atoms with Crippen LogP contribution in [0.1, 0.15) is 29.6 Å². The predicted octanol–water partition coefficient (Wildman–Crippen LogP) is 0.117. The molecule has 0 spiro atoms. The van der Waals surface area contributed by atoms with E-state index >= 15 is 0 Å². The first kappa shape index (κ1) is 16.5. The number of benzene rings is 1. The molecule has 0 radical (unpaired) electrons. The molecule has 0 atom stereocenters. The Balaban J connectivity index is 1.83. The van der Waals surface area contributed by atoms with Crippen molar-refractivity contribution in [2.45, 2.75) is 25.3 Å². The Morgan fingerprint density at radius 1 is 1.32 bits per heavy atom. The van der Waals surface area contributed by atoms with Crippen LogP contribution in [0.5, 0.6) is 0 Å². The minimum atomic E-state index is -0.123. The highest BCUT2D eigenvalue weighted by Gasteiger charge is 2.25. The number of hydrogen-bond donors (Lipinski definition) is 3. The molecule has 0 heterocycles. The van der Waals surface area contributed by atoms with Gasteiger partial charge in [0.05, 0.1) is 24.4 Å². The van der Waals surface area contributed by atoms with E-state index in [1.165, 1.54) is 0 Å². The molecule has 1 fully saturated rings. The average molecular weight is 306 g/mol. The van der Waals surface area contributed by atoms with Gasteiger partial charge in [0, 0.05) is 19.6 Å². The number of nitrogens with two attached hydrogens (primary N) is 1. The highest BCUT2D eigenvalue weighted by molar-refractivity contribution is 6.04. The summed E-state index contributed by atoms with van der Waals surface area (Å²) >= 11 is 0. The number of carbonyl (C=O) groups excluding carboxylic acids is 2. The van der Waals surface area contributed by atoms with Gasteiger partial charge >= 0.3 is 0 Å². The van der Waals surface area contributed by atoms with Crippen molar-refractivity contribution in [1.29, 1.82) is 0 Å². The molecular weight excluding hydrogens is 282 g/mol. The molecule has 1 saturated carbocycles. The molecule has 0 aliphatic heterocycles. The number of quaternary nitrogens is 1.